The molecule has 0 aliphatic heterocycles. The van der Waals surface area contributed by atoms with Crippen LogP contribution in [-0.2, 0) is 15.0 Å². The Balaban J connectivity index is 1.87. The van der Waals surface area contributed by atoms with E-state index in [2.05, 4.69) is 6.07 Å². The van der Waals surface area contributed by atoms with Gasteiger partial charge in [-0.2, -0.15) is 0 Å². The zero-order chi connectivity index (χ0) is 14.4. The first-order chi connectivity index (χ1) is 10.2. The normalized spacial score (nSPS) is 33.9. The zero-order valence-electron chi connectivity index (χ0n) is 11.1. The van der Waals surface area contributed by atoms with Crippen LogP contribution in [0.2, 0.25) is 0 Å². The largest absolute Gasteiger partial charge is 0.481 e. The molecule has 5 rings (SSSR count). The molecule has 2 aromatic carbocycles. The number of carbonyl (C=O) groups is 2. The third-order valence-electron chi connectivity index (χ3n) is 5.58. The van der Waals surface area contributed by atoms with Crippen LogP contribution < -0.4 is 0 Å². The van der Waals surface area contributed by atoms with E-state index in [1.807, 2.05) is 42.5 Å². The van der Waals surface area contributed by atoms with Gasteiger partial charge in [-0.1, -0.05) is 48.5 Å². The highest BCUT2D eigenvalue weighted by molar-refractivity contribution is 6.09. The maximum atomic E-state index is 12.8. The lowest BCUT2D eigenvalue weighted by Gasteiger charge is -2.48. The Hall–Kier alpha value is -2.42. The molecular weight excluding hydrogens is 264 g/mol. The first kappa shape index (κ1) is 11.3. The molecule has 0 heterocycles. The summed E-state index contributed by atoms with van der Waals surface area (Å²) >= 11 is 0. The Morgan fingerprint density at radius 1 is 1.10 bits per heavy atom. The van der Waals surface area contributed by atoms with Gasteiger partial charge in [0.15, 0.2) is 5.78 Å². The van der Waals surface area contributed by atoms with Crippen molar-refractivity contribution in [3.8, 4) is 0 Å². The fraction of sp³-hybridized carbons (Fsp3) is 0.222. The highest BCUT2D eigenvalue weighted by atomic mass is 16.4. The molecule has 0 radical (unpaired) electrons. The monoisotopic (exact) mass is 276 g/mol. The molecule has 2 aromatic rings. The quantitative estimate of drug-likeness (QED) is 0.814. The molecule has 1 fully saturated rings. The summed E-state index contributed by atoms with van der Waals surface area (Å²) in [4.78, 5) is 24.5. The van der Waals surface area contributed by atoms with Gasteiger partial charge in [0.2, 0.25) is 0 Å². The zero-order valence-corrected chi connectivity index (χ0v) is 11.1. The number of ketones is 1. The summed E-state index contributed by atoms with van der Waals surface area (Å²) in [5.74, 6) is -2.57. The third-order valence-corrected chi connectivity index (χ3v) is 5.58. The summed E-state index contributed by atoms with van der Waals surface area (Å²) in [7, 11) is 0. The first-order valence-electron chi connectivity index (χ1n) is 7.13. The number of aliphatic carboxylic acids is 1. The van der Waals surface area contributed by atoms with Gasteiger partial charge in [0.25, 0.3) is 0 Å². The number of carboxylic acids is 1. The van der Waals surface area contributed by atoms with E-state index in [-0.39, 0.29) is 17.6 Å². The van der Waals surface area contributed by atoms with E-state index < -0.39 is 17.3 Å². The van der Waals surface area contributed by atoms with E-state index in [0.29, 0.717) is 0 Å². The summed E-state index contributed by atoms with van der Waals surface area (Å²) in [6, 6.07) is 15.9. The smallest absolute Gasteiger partial charge is 0.314 e. The van der Waals surface area contributed by atoms with Gasteiger partial charge in [0.05, 0.1) is 5.92 Å². The van der Waals surface area contributed by atoms with Gasteiger partial charge in [-0.3, -0.25) is 9.59 Å². The minimum Gasteiger partial charge on any atom is -0.481 e. The van der Waals surface area contributed by atoms with Crippen LogP contribution in [0.5, 0.6) is 0 Å². The molecule has 4 atom stereocenters. The van der Waals surface area contributed by atoms with E-state index in [9.17, 15) is 14.7 Å². The molecule has 0 aromatic heterocycles. The van der Waals surface area contributed by atoms with Crippen molar-refractivity contribution in [2.75, 3.05) is 0 Å². The van der Waals surface area contributed by atoms with Crippen LogP contribution in [0.4, 0.5) is 0 Å². The molecule has 1 saturated carbocycles. The lowest BCUT2D eigenvalue weighted by molar-refractivity contribution is -0.145. The Morgan fingerprint density at radius 2 is 1.90 bits per heavy atom. The van der Waals surface area contributed by atoms with Crippen LogP contribution in [0, 0.1) is 5.92 Å². The average molecular weight is 276 g/mol. The van der Waals surface area contributed by atoms with Gasteiger partial charge >= 0.3 is 5.97 Å². The van der Waals surface area contributed by atoms with Crippen molar-refractivity contribution in [2.45, 2.75) is 17.3 Å². The van der Waals surface area contributed by atoms with Gasteiger partial charge in [0.1, 0.15) is 5.92 Å². The van der Waals surface area contributed by atoms with Gasteiger partial charge < -0.3 is 5.11 Å². The van der Waals surface area contributed by atoms with Crippen molar-refractivity contribution in [3.05, 3.63) is 70.8 Å². The Bertz CT molecular complexity index is 838. The molecule has 4 unspecified atom stereocenters. The predicted octanol–water partition coefficient (Wildman–Crippen LogP) is 2.45. The number of hydrogen-bond donors (Lipinski definition) is 1. The minimum atomic E-state index is -0.989. The molecule has 1 N–H and O–H groups in total. The molecule has 2 bridgehead atoms. The summed E-state index contributed by atoms with van der Waals surface area (Å²) in [6.07, 6.45) is 0. The third kappa shape index (κ3) is 0.963. The van der Waals surface area contributed by atoms with Crippen molar-refractivity contribution in [1.82, 2.24) is 0 Å². The van der Waals surface area contributed by atoms with E-state index in [1.54, 1.807) is 0 Å². The summed E-state index contributed by atoms with van der Waals surface area (Å²) in [5.41, 5.74) is 3.82. The highest BCUT2D eigenvalue weighted by Crippen LogP contribution is 2.72. The molecule has 3 heteroatoms. The highest BCUT2D eigenvalue weighted by Gasteiger charge is 2.72. The standard InChI is InChI=1S/C18H12O3/c19-16-13(17(20)21)15-11-6-1-2-7-12(11)18(15)10-5-3-4-9(8-10)14(16)18/h1-8,13-15H,(H,20,21). The SMILES string of the molecule is O=C(O)C1C(=O)C2c3cccc(c3)C23c2ccccc2C13. The average Bonchev–Trinajstić information content (AvgIpc) is 2.86. The van der Waals surface area contributed by atoms with Crippen molar-refractivity contribution < 1.29 is 14.7 Å². The maximum absolute atomic E-state index is 12.8. The van der Waals surface area contributed by atoms with Gasteiger partial charge in [-0.25, -0.2) is 0 Å². The lowest BCUT2D eigenvalue weighted by Crippen LogP contribution is -2.44. The summed E-state index contributed by atoms with van der Waals surface area (Å²) in [5, 5.41) is 9.57. The minimum absolute atomic E-state index is 0.134. The van der Waals surface area contributed by atoms with E-state index >= 15 is 0 Å². The fourth-order valence-electron chi connectivity index (χ4n) is 4.99. The van der Waals surface area contributed by atoms with Crippen LogP contribution in [0.3, 0.4) is 0 Å². The number of fused-ring (bicyclic) bond motifs is 5. The Kier molecular flexibility index (Phi) is 1.74. The fourth-order valence-corrected chi connectivity index (χ4v) is 4.99. The first-order valence-corrected chi connectivity index (χ1v) is 7.13. The topological polar surface area (TPSA) is 54.4 Å². The number of benzene rings is 2. The second-order valence-electron chi connectivity index (χ2n) is 6.21. The molecule has 3 aliphatic carbocycles. The van der Waals surface area contributed by atoms with Crippen LogP contribution in [0.25, 0.3) is 0 Å². The van der Waals surface area contributed by atoms with Crippen LogP contribution in [0.15, 0.2) is 48.5 Å². The van der Waals surface area contributed by atoms with Gasteiger partial charge in [0, 0.05) is 11.3 Å². The second-order valence-corrected chi connectivity index (χ2v) is 6.21. The van der Waals surface area contributed by atoms with E-state index in [0.717, 1.165) is 22.3 Å². The van der Waals surface area contributed by atoms with Crippen molar-refractivity contribution in [1.29, 1.82) is 0 Å². The summed E-state index contributed by atoms with van der Waals surface area (Å²) in [6.45, 7) is 0. The number of carboxylic acid groups (broad SMARTS) is 1. The van der Waals surface area contributed by atoms with Crippen molar-refractivity contribution >= 4 is 11.8 Å². The number of hydrogen-bond acceptors (Lipinski definition) is 2. The van der Waals surface area contributed by atoms with Crippen molar-refractivity contribution in [3.63, 3.8) is 0 Å². The Labute approximate surface area is 121 Å². The molecule has 0 saturated heterocycles. The molecule has 3 aliphatic rings. The Morgan fingerprint density at radius 3 is 2.71 bits per heavy atom. The lowest BCUT2D eigenvalue weighted by atomic mass is 9.52. The number of Topliss-reactive ketones (excluding diaryl/α,β-unsaturated/α-hetero) is 1. The van der Waals surface area contributed by atoms with E-state index in [4.69, 9.17) is 0 Å². The van der Waals surface area contributed by atoms with Crippen LogP contribution in [-0.4, -0.2) is 16.9 Å². The maximum Gasteiger partial charge on any atom is 0.314 e. The van der Waals surface area contributed by atoms with Gasteiger partial charge in [-0.15, -0.1) is 0 Å². The number of carbonyl (C=O) groups excluding carboxylic acids is 1. The number of rotatable bonds is 1. The van der Waals surface area contributed by atoms with Gasteiger partial charge in [-0.05, 0) is 22.3 Å². The second kappa shape index (κ2) is 3.25. The molecule has 102 valence electrons. The summed E-state index contributed by atoms with van der Waals surface area (Å²) < 4.78 is 0. The molecule has 0 amide bonds. The molecular formula is C18H12O3. The van der Waals surface area contributed by atoms with E-state index in [1.165, 1.54) is 0 Å². The van der Waals surface area contributed by atoms with Crippen LogP contribution >= 0.6 is 0 Å². The molecule has 3 nitrogen and oxygen atoms in total. The molecule has 21 heavy (non-hydrogen) atoms. The molecule has 1 spiro atoms. The predicted molar refractivity (Wildman–Crippen MR) is 75.3 cm³/mol. The van der Waals surface area contributed by atoms with Crippen molar-refractivity contribution in [2.24, 2.45) is 5.92 Å². The van der Waals surface area contributed by atoms with Crippen LogP contribution in [0.1, 0.15) is 34.1 Å².